The molecule has 1 heterocycles. The van der Waals surface area contributed by atoms with E-state index >= 15 is 0 Å². The van der Waals surface area contributed by atoms with Crippen LogP contribution >= 0.6 is 16.1 Å². The van der Waals surface area contributed by atoms with Crippen LogP contribution in [0.25, 0.3) is 11.0 Å². The standard InChI is InChI=1S/C24H41BrN4/c1-2-3-4-5-6-7-8-9-10-11-12-13-14-15-16-17-21-29(25)23-20-18-19-22-24(23)27-28-26-22/h18-20H,2-17,21H2,1H3,(H,26,27,28). The smallest absolute Gasteiger partial charge is 0.137 e. The van der Waals surface area contributed by atoms with E-state index in [-0.39, 0.29) is 0 Å². The molecule has 2 rings (SSSR count). The second-order valence-corrected chi connectivity index (χ2v) is 9.21. The van der Waals surface area contributed by atoms with Crippen molar-refractivity contribution < 1.29 is 0 Å². The van der Waals surface area contributed by atoms with Crippen molar-refractivity contribution in [1.82, 2.24) is 15.4 Å². The molecule has 2 aromatic rings. The molecule has 0 atom stereocenters. The number of aromatic amines is 1. The number of hydrogen-bond donors (Lipinski definition) is 1. The van der Waals surface area contributed by atoms with Crippen LogP contribution in [0.1, 0.15) is 110 Å². The van der Waals surface area contributed by atoms with Gasteiger partial charge < -0.3 is 3.93 Å². The molecule has 0 fully saturated rings. The van der Waals surface area contributed by atoms with Crippen LogP contribution in [0.2, 0.25) is 0 Å². The van der Waals surface area contributed by atoms with Crippen molar-refractivity contribution in [3.8, 4) is 0 Å². The van der Waals surface area contributed by atoms with E-state index in [2.05, 4.69) is 48.5 Å². The third-order valence-electron chi connectivity index (χ3n) is 5.80. The van der Waals surface area contributed by atoms with E-state index in [4.69, 9.17) is 0 Å². The Morgan fingerprint density at radius 2 is 1.24 bits per heavy atom. The number of aromatic nitrogens is 3. The minimum absolute atomic E-state index is 0.916. The summed E-state index contributed by atoms with van der Waals surface area (Å²) in [6, 6.07) is 6.10. The monoisotopic (exact) mass is 464 g/mol. The molecule has 0 saturated carbocycles. The number of benzene rings is 1. The molecule has 0 aliphatic rings. The molecular weight excluding hydrogens is 424 g/mol. The van der Waals surface area contributed by atoms with E-state index in [0.717, 1.165) is 23.3 Å². The Bertz CT molecular complexity index is 643. The third kappa shape index (κ3) is 9.97. The van der Waals surface area contributed by atoms with Crippen molar-refractivity contribution in [1.29, 1.82) is 0 Å². The van der Waals surface area contributed by atoms with Crippen LogP contribution in [0.4, 0.5) is 5.69 Å². The van der Waals surface area contributed by atoms with Crippen molar-refractivity contribution in [3.63, 3.8) is 0 Å². The van der Waals surface area contributed by atoms with E-state index in [1.807, 2.05) is 12.1 Å². The summed E-state index contributed by atoms with van der Waals surface area (Å²) in [5.74, 6) is 0. The van der Waals surface area contributed by atoms with Gasteiger partial charge in [0.15, 0.2) is 0 Å². The molecule has 1 N–H and O–H groups in total. The molecule has 5 heteroatoms. The number of rotatable bonds is 18. The topological polar surface area (TPSA) is 44.8 Å². The molecule has 0 unspecified atom stereocenters. The van der Waals surface area contributed by atoms with Gasteiger partial charge in [-0.1, -0.05) is 109 Å². The second kappa shape index (κ2) is 15.7. The Hall–Kier alpha value is -1.10. The van der Waals surface area contributed by atoms with E-state index in [1.54, 1.807) is 0 Å². The maximum absolute atomic E-state index is 4.26. The largest absolute Gasteiger partial charge is 0.307 e. The average molecular weight is 466 g/mol. The van der Waals surface area contributed by atoms with E-state index in [0.29, 0.717) is 0 Å². The summed E-state index contributed by atoms with van der Waals surface area (Å²) in [6.45, 7) is 3.30. The zero-order valence-electron chi connectivity index (χ0n) is 18.5. The maximum Gasteiger partial charge on any atom is 0.137 e. The summed E-state index contributed by atoms with van der Waals surface area (Å²) in [5, 5.41) is 11.1. The summed E-state index contributed by atoms with van der Waals surface area (Å²) in [5.41, 5.74) is 2.94. The number of fused-ring (bicyclic) bond motifs is 1. The zero-order chi connectivity index (χ0) is 20.6. The highest BCUT2D eigenvalue weighted by atomic mass is 79.9. The highest BCUT2D eigenvalue weighted by Crippen LogP contribution is 2.26. The summed E-state index contributed by atoms with van der Waals surface area (Å²) in [6.07, 6.45) is 22.5. The van der Waals surface area contributed by atoms with E-state index in [1.165, 1.54) is 103 Å². The first-order chi connectivity index (χ1) is 14.3. The van der Waals surface area contributed by atoms with Crippen molar-refractivity contribution in [3.05, 3.63) is 18.2 Å². The predicted octanol–water partition coefficient (Wildman–Crippen LogP) is 8.34. The fraction of sp³-hybridized carbons (Fsp3) is 0.750. The molecule has 0 aliphatic heterocycles. The molecule has 0 radical (unpaired) electrons. The zero-order valence-corrected chi connectivity index (χ0v) is 20.1. The molecule has 0 spiro atoms. The molecule has 4 nitrogen and oxygen atoms in total. The number of nitrogens with one attached hydrogen (secondary N) is 1. The van der Waals surface area contributed by atoms with Crippen LogP contribution in [0.3, 0.4) is 0 Å². The average Bonchev–Trinajstić information content (AvgIpc) is 3.22. The van der Waals surface area contributed by atoms with E-state index in [9.17, 15) is 0 Å². The molecule has 0 saturated heterocycles. The van der Waals surface area contributed by atoms with Crippen molar-refractivity contribution >= 4 is 32.9 Å². The highest BCUT2D eigenvalue weighted by molar-refractivity contribution is 9.10. The summed E-state index contributed by atoms with van der Waals surface area (Å²) < 4.78 is 2.13. The van der Waals surface area contributed by atoms with Crippen molar-refractivity contribution in [2.45, 2.75) is 110 Å². The quantitative estimate of drug-likeness (QED) is 0.178. The molecule has 0 aliphatic carbocycles. The minimum Gasteiger partial charge on any atom is -0.307 e. The number of H-pyrrole nitrogens is 1. The van der Waals surface area contributed by atoms with Gasteiger partial charge >= 0.3 is 0 Å². The lowest BCUT2D eigenvalue weighted by Crippen LogP contribution is -2.11. The van der Waals surface area contributed by atoms with Gasteiger partial charge in [0.1, 0.15) is 11.0 Å². The number of nitrogens with zero attached hydrogens (tertiary/aromatic N) is 3. The van der Waals surface area contributed by atoms with Gasteiger partial charge in [0.05, 0.1) is 5.69 Å². The summed E-state index contributed by atoms with van der Waals surface area (Å²) in [7, 11) is 0. The molecule has 0 amide bonds. The van der Waals surface area contributed by atoms with Gasteiger partial charge in [-0.05, 0) is 18.6 Å². The lowest BCUT2D eigenvalue weighted by Gasteiger charge is -2.16. The van der Waals surface area contributed by atoms with Crippen LogP contribution in [0.5, 0.6) is 0 Å². The van der Waals surface area contributed by atoms with Crippen LogP contribution < -0.4 is 3.93 Å². The fourth-order valence-electron chi connectivity index (χ4n) is 3.97. The maximum atomic E-state index is 4.26. The number of halogens is 1. The molecule has 164 valence electrons. The van der Waals surface area contributed by atoms with Crippen LogP contribution in [0.15, 0.2) is 18.2 Å². The number of unbranched alkanes of at least 4 members (excludes halogenated alkanes) is 15. The number of hydrogen-bond acceptors (Lipinski definition) is 3. The van der Waals surface area contributed by atoms with Gasteiger partial charge in [0.25, 0.3) is 0 Å². The lowest BCUT2D eigenvalue weighted by atomic mass is 10.0. The summed E-state index contributed by atoms with van der Waals surface area (Å²) >= 11 is 3.69. The second-order valence-electron chi connectivity index (χ2n) is 8.36. The Kier molecular flexibility index (Phi) is 13.1. The van der Waals surface area contributed by atoms with Crippen molar-refractivity contribution in [2.75, 3.05) is 10.5 Å². The first kappa shape index (κ1) is 24.2. The van der Waals surface area contributed by atoms with Crippen molar-refractivity contribution in [2.24, 2.45) is 0 Å². The Morgan fingerprint density at radius 1 is 0.724 bits per heavy atom. The Balaban J connectivity index is 1.37. The Morgan fingerprint density at radius 3 is 1.79 bits per heavy atom. The molecule has 1 aromatic carbocycles. The minimum atomic E-state index is 0.916. The molecule has 0 bridgehead atoms. The normalized spacial score (nSPS) is 11.4. The molecule has 1 aromatic heterocycles. The van der Waals surface area contributed by atoms with E-state index < -0.39 is 0 Å². The number of anilines is 1. The Labute approximate surface area is 186 Å². The summed E-state index contributed by atoms with van der Waals surface area (Å²) in [4.78, 5) is 0. The lowest BCUT2D eigenvalue weighted by molar-refractivity contribution is 0.530. The SMILES string of the molecule is CCCCCCCCCCCCCCCCCCN(Br)c1cccc2n[nH]nc12. The van der Waals surface area contributed by atoms with Gasteiger partial charge in [-0.3, -0.25) is 0 Å². The van der Waals surface area contributed by atoms with Gasteiger partial charge in [-0.2, -0.15) is 15.4 Å². The van der Waals surface area contributed by atoms with Gasteiger partial charge in [-0.15, -0.1) is 0 Å². The first-order valence-corrected chi connectivity index (χ1v) is 12.8. The molecular formula is C24H41BrN4. The number of para-hydroxylation sites is 1. The van der Waals surface area contributed by atoms with Gasteiger partial charge in [0, 0.05) is 22.7 Å². The fourth-order valence-corrected chi connectivity index (χ4v) is 4.51. The van der Waals surface area contributed by atoms with Crippen LogP contribution in [-0.4, -0.2) is 22.0 Å². The van der Waals surface area contributed by atoms with Crippen LogP contribution in [-0.2, 0) is 0 Å². The van der Waals surface area contributed by atoms with Gasteiger partial charge in [-0.25, -0.2) is 0 Å². The molecule has 29 heavy (non-hydrogen) atoms. The van der Waals surface area contributed by atoms with Crippen LogP contribution in [0, 0.1) is 0 Å². The van der Waals surface area contributed by atoms with Gasteiger partial charge in [0.2, 0.25) is 0 Å². The highest BCUT2D eigenvalue weighted by Gasteiger charge is 2.09. The predicted molar refractivity (Wildman–Crippen MR) is 130 cm³/mol. The first-order valence-electron chi connectivity index (χ1n) is 12.1. The third-order valence-corrected chi connectivity index (χ3v) is 6.53.